The molecule has 0 spiro atoms. The lowest BCUT2D eigenvalue weighted by Crippen LogP contribution is -2.31. The van der Waals surface area contributed by atoms with E-state index >= 15 is 0 Å². The molecule has 2 aromatic carbocycles. The van der Waals surface area contributed by atoms with Crippen LogP contribution < -0.4 is 28.4 Å². The van der Waals surface area contributed by atoms with Gasteiger partial charge in [-0.2, -0.15) is 0 Å². The first-order valence-corrected chi connectivity index (χ1v) is 8.36. The Kier molecular flexibility index (Phi) is 5.30. The van der Waals surface area contributed by atoms with Crippen molar-refractivity contribution in [1.82, 2.24) is 0 Å². The normalized spacial score (nSPS) is 17.8. The summed E-state index contributed by atoms with van der Waals surface area (Å²) in [5, 5.41) is 0. The van der Waals surface area contributed by atoms with Crippen LogP contribution in [-0.4, -0.2) is 40.8 Å². The van der Waals surface area contributed by atoms with E-state index in [1.165, 1.54) is 7.11 Å². The topological polar surface area (TPSA) is 72.5 Å². The summed E-state index contributed by atoms with van der Waals surface area (Å²) in [6, 6.07) is 6.87. The monoisotopic (exact) mass is 374 g/mol. The molecule has 7 heteroatoms. The smallest absolute Gasteiger partial charge is 0.204 e. The van der Waals surface area contributed by atoms with E-state index in [9.17, 15) is 4.79 Å². The molecule has 2 aromatic rings. The minimum absolute atomic E-state index is 0.323. The number of rotatable bonds is 6. The maximum Gasteiger partial charge on any atom is 0.204 e. The maximum atomic E-state index is 11.2. The predicted octanol–water partition coefficient (Wildman–Crippen LogP) is 3.43. The number of ether oxygens (including phenoxy) is 6. The van der Waals surface area contributed by atoms with Crippen molar-refractivity contribution in [3.63, 3.8) is 0 Å². The first-order chi connectivity index (χ1) is 13.1. The molecular formula is C20H22O7. The van der Waals surface area contributed by atoms with Gasteiger partial charge in [0.05, 0.1) is 28.4 Å². The van der Waals surface area contributed by atoms with Gasteiger partial charge in [-0.15, -0.1) is 0 Å². The molecule has 7 nitrogen and oxygen atoms in total. The van der Waals surface area contributed by atoms with Gasteiger partial charge >= 0.3 is 0 Å². The lowest BCUT2D eigenvalue weighted by molar-refractivity contribution is 0.0278. The van der Waals surface area contributed by atoms with Crippen molar-refractivity contribution in [2.45, 2.75) is 19.1 Å². The second-order valence-corrected chi connectivity index (χ2v) is 5.99. The number of carbonyl (C=O) groups excluding carboxylic acids is 1. The lowest BCUT2D eigenvalue weighted by Gasteiger charge is -2.33. The van der Waals surface area contributed by atoms with Gasteiger partial charge in [0, 0.05) is 11.1 Å². The van der Waals surface area contributed by atoms with Crippen molar-refractivity contribution in [2.75, 3.05) is 28.4 Å². The molecule has 144 valence electrons. The van der Waals surface area contributed by atoms with Gasteiger partial charge in [0.15, 0.2) is 29.1 Å². The van der Waals surface area contributed by atoms with Crippen LogP contribution in [0.2, 0.25) is 0 Å². The third kappa shape index (κ3) is 3.32. The van der Waals surface area contributed by atoms with Crippen LogP contribution in [0.25, 0.3) is 0 Å². The summed E-state index contributed by atoms with van der Waals surface area (Å²) >= 11 is 0. The Morgan fingerprint density at radius 1 is 0.852 bits per heavy atom. The molecule has 2 unspecified atom stereocenters. The average Bonchev–Trinajstić information content (AvgIpc) is 2.71. The number of hydrogen-bond donors (Lipinski definition) is 0. The van der Waals surface area contributed by atoms with Crippen LogP contribution >= 0.6 is 0 Å². The van der Waals surface area contributed by atoms with Crippen LogP contribution in [-0.2, 0) is 0 Å². The molecule has 0 fully saturated rings. The third-order valence-electron chi connectivity index (χ3n) is 4.40. The molecule has 0 amide bonds. The first-order valence-electron chi connectivity index (χ1n) is 8.36. The fourth-order valence-electron chi connectivity index (χ4n) is 3.11. The van der Waals surface area contributed by atoms with Crippen LogP contribution in [0.1, 0.15) is 28.9 Å². The Balaban J connectivity index is 2.06. The highest BCUT2D eigenvalue weighted by Gasteiger charge is 2.33. The zero-order valence-electron chi connectivity index (χ0n) is 15.9. The van der Waals surface area contributed by atoms with Crippen molar-refractivity contribution in [2.24, 2.45) is 0 Å². The van der Waals surface area contributed by atoms with E-state index in [4.69, 9.17) is 28.4 Å². The van der Waals surface area contributed by atoms with Gasteiger partial charge < -0.3 is 28.4 Å². The second-order valence-electron chi connectivity index (χ2n) is 5.99. The summed E-state index contributed by atoms with van der Waals surface area (Å²) < 4.78 is 33.8. The Morgan fingerprint density at radius 2 is 1.48 bits per heavy atom. The van der Waals surface area contributed by atoms with E-state index in [-0.39, 0.29) is 6.10 Å². The van der Waals surface area contributed by atoms with Crippen LogP contribution in [0.4, 0.5) is 0 Å². The number of aldehydes is 1. The molecular weight excluding hydrogens is 352 g/mol. The highest BCUT2D eigenvalue weighted by Crippen LogP contribution is 2.48. The standard InChI is InChI=1S/C20H22O7/c1-11-18(13-8-15(23-3)19(25-5)16(9-13)24-4)27-17-7-12(10-21)6-14(22-2)20(17)26-11/h6-11,18H,1-5H3. The molecule has 1 aliphatic heterocycles. The summed E-state index contributed by atoms with van der Waals surface area (Å²) in [5.41, 5.74) is 1.23. The zero-order valence-corrected chi connectivity index (χ0v) is 15.9. The van der Waals surface area contributed by atoms with Gasteiger partial charge in [0.25, 0.3) is 0 Å². The summed E-state index contributed by atoms with van der Waals surface area (Å²) in [7, 11) is 6.17. The fraction of sp³-hybridized carbons (Fsp3) is 0.350. The van der Waals surface area contributed by atoms with Gasteiger partial charge in [-0.25, -0.2) is 0 Å². The van der Waals surface area contributed by atoms with Crippen molar-refractivity contribution in [1.29, 1.82) is 0 Å². The quantitative estimate of drug-likeness (QED) is 0.717. The highest BCUT2D eigenvalue weighted by atomic mass is 16.6. The lowest BCUT2D eigenvalue weighted by atomic mass is 10.0. The number of carbonyl (C=O) groups is 1. The van der Waals surface area contributed by atoms with Crippen LogP contribution in [0.3, 0.4) is 0 Å². The van der Waals surface area contributed by atoms with Crippen LogP contribution in [0.5, 0.6) is 34.5 Å². The zero-order chi connectivity index (χ0) is 19.6. The summed E-state index contributed by atoms with van der Waals surface area (Å²) in [6.45, 7) is 1.89. The molecule has 2 atom stereocenters. The highest BCUT2D eigenvalue weighted by molar-refractivity contribution is 5.78. The maximum absolute atomic E-state index is 11.2. The molecule has 3 rings (SSSR count). The number of benzene rings is 2. The van der Waals surface area contributed by atoms with E-state index in [0.29, 0.717) is 40.1 Å². The first kappa shape index (κ1) is 18.7. The van der Waals surface area contributed by atoms with E-state index in [0.717, 1.165) is 11.8 Å². The van der Waals surface area contributed by atoms with Crippen molar-refractivity contribution in [3.8, 4) is 34.5 Å². The van der Waals surface area contributed by atoms with E-state index in [2.05, 4.69) is 0 Å². The molecule has 0 aromatic heterocycles. The summed E-state index contributed by atoms with van der Waals surface area (Å²) in [6.07, 6.45) is -0.0346. The summed E-state index contributed by atoms with van der Waals surface area (Å²) in [5.74, 6) is 2.90. The Bertz CT molecular complexity index is 821. The second kappa shape index (κ2) is 7.65. The van der Waals surface area contributed by atoms with E-state index in [1.807, 2.05) is 19.1 Å². The van der Waals surface area contributed by atoms with Gasteiger partial charge in [-0.1, -0.05) is 0 Å². The fourth-order valence-corrected chi connectivity index (χ4v) is 3.11. The van der Waals surface area contributed by atoms with E-state index < -0.39 is 6.10 Å². The minimum atomic E-state index is -0.446. The van der Waals surface area contributed by atoms with Crippen molar-refractivity contribution in [3.05, 3.63) is 35.4 Å². The number of methoxy groups -OCH3 is 4. The molecule has 0 radical (unpaired) electrons. The Hall–Kier alpha value is -3.09. The predicted molar refractivity (Wildman–Crippen MR) is 97.9 cm³/mol. The minimum Gasteiger partial charge on any atom is -0.493 e. The average molecular weight is 374 g/mol. The summed E-state index contributed by atoms with van der Waals surface area (Å²) in [4.78, 5) is 11.2. The van der Waals surface area contributed by atoms with E-state index in [1.54, 1.807) is 33.5 Å². The van der Waals surface area contributed by atoms with Crippen molar-refractivity contribution < 1.29 is 33.2 Å². The Labute approximate surface area is 157 Å². The molecule has 0 saturated heterocycles. The molecule has 0 aliphatic carbocycles. The third-order valence-corrected chi connectivity index (χ3v) is 4.40. The molecule has 1 heterocycles. The molecule has 1 aliphatic rings. The van der Waals surface area contributed by atoms with Gasteiger partial charge in [0.2, 0.25) is 11.5 Å². The van der Waals surface area contributed by atoms with Gasteiger partial charge in [-0.05, 0) is 31.2 Å². The molecule has 0 saturated carbocycles. The van der Waals surface area contributed by atoms with Crippen LogP contribution in [0, 0.1) is 0 Å². The van der Waals surface area contributed by atoms with Gasteiger partial charge in [-0.3, -0.25) is 4.79 Å². The largest absolute Gasteiger partial charge is 0.493 e. The van der Waals surface area contributed by atoms with Crippen molar-refractivity contribution >= 4 is 6.29 Å². The Morgan fingerprint density at radius 3 is 2.00 bits per heavy atom. The van der Waals surface area contributed by atoms with Crippen LogP contribution in [0.15, 0.2) is 24.3 Å². The number of fused-ring (bicyclic) bond motifs is 1. The SMILES string of the molecule is COc1cc(C2Oc3cc(C=O)cc(OC)c3OC2C)cc(OC)c1OC. The molecule has 0 bridgehead atoms. The molecule has 0 N–H and O–H groups in total. The van der Waals surface area contributed by atoms with Gasteiger partial charge in [0.1, 0.15) is 12.4 Å². The number of hydrogen-bond acceptors (Lipinski definition) is 7. The molecule has 27 heavy (non-hydrogen) atoms.